The molecule has 0 atom stereocenters. The summed E-state index contributed by atoms with van der Waals surface area (Å²) in [5.41, 5.74) is 11.8. The number of fused-ring (bicyclic) bond motifs is 3. The van der Waals surface area contributed by atoms with Crippen LogP contribution in [0.2, 0.25) is 0 Å². The quantitative estimate of drug-likeness (QED) is 0.268. The minimum Gasteiger partial charge on any atom is -0.366 e. The van der Waals surface area contributed by atoms with Crippen molar-refractivity contribution < 1.29 is 18.8 Å². The molecule has 1 saturated heterocycles. The molecule has 4 aromatic carbocycles. The molecule has 0 aliphatic carbocycles. The van der Waals surface area contributed by atoms with E-state index in [0.717, 1.165) is 45.1 Å². The van der Waals surface area contributed by atoms with Gasteiger partial charge < -0.3 is 20.9 Å². The van der Waals surface area contributed by atoms with Crippen LogP contribution in [0.15, 0.2) is 72.8 Å². The number of nitrogens with one attached hydrogen (secondary N) is 2. The smallest absolute Gasteiger partial charge is 0.255 e. The fraction of sp³-hybridized carbons (Fsp3) is 0.129. The normalized spacial score (nSPS) is 13.4. The number of amides is 3. The standard InChI is InChI=1S/C31H25FN4O3/c1-17-21(4-2-5-25(17)35-31(39)18-7-9-19(32)10-8-18)22-13-14-24(30(33)38)29-28(22)23-12-11-20(16-26(23)34-29)36-15-3-6-27(36)37/h2,4-5,7-14,16,34H,3,6,15H2,1H3,(H2,33,38)(H,35,39). The first-order valence-electron chi connectivity index (χ1n) is 12.7. The highest BCUT2D eigenvalue weighted by molar-refractivity contribution is 6.20. The number of nitrogens with zero attached hydrogens (tertiary/aromatic N) is 1. The summed E-state index contributed by atoms with van der Waals surface area (Å²) >= 11 is 0. The molecule has 0 radical (unpaired) electrons. The molecular weight excluding hydrogens is 495 g/mol. The lowest BCUT2D eigenvalue weighted by atomic mass is 9.93. The molecule has 4 N–H and O–H groups in total. The van der Waals surface area contributed by atoms with Crippen molar-refractivity contribution in [1.29, 1.82) is 0 Å². The maximum absolute atomic E-state index is 13.3. The van der Waals surface area contributed by atoms with Crippen molar-refractivity contribution >= 4 is 50.9 Å². The number of carbonyl (C=O) groups is 3. The van der Waals surface area contributed by atoms with Crippen molar-refractivity contribution in [1.82, 2.24) is 4.98 Å². The first-order chi connectivity index (χ1) is 18.8. The Hall–Kier alpha value is -4.98. The van der Waals surface area contributed by atoms with Crippen LogP contribution in [0.4, 0.5) is 15.8 Å². The number of H-pyrrole nitrogens is 1. The number of hydrogen-bond acceptors (Lipinski definition) is 3. The fourth-order valence-corrected chi connectivity index (χ4v) is 5.38. The van der Waals surface area contributed by atoms with Gasteiger partial charge in [0.15, 0.2) is 0 Å². The predicted octanol–water partition coefficient (Wildman–Crippen LogP) is 5.91. The van der Waals surface area contributed by atoms with E-state index in [2.05, 4.69) is 10.3 Å². The lowest BCUT2D eigenvalue weighted by molar-refractivity contribution is -0.117. The van der Waals surface area contributed by atoms with Crippen LogP contribution in [0, 0.1) is 12.7 Å². The van der Waals surface area contributed by atoms with Gasteiger partial charge in [0.1, 0.15) is 5.82 Å². The number of carbonyl (C=O) groups excluding carboxylic acids is 3. The Morgan fingerprint density at radius 2 is 1.79 bits per heavy atom. The van der Waals surface area contributed by atoms with E-state index in [9.17, 15) is 18.8 Å². The van der Waals surface area contributed by atoms with Crippen LogP contribution in [-0.4, -0.2) is 29.3 Å². The van der Waals surface area contributed by atoms with Crippen LogP contribution in [0.3, 0.4) is 0 Å². The minimum atomic E-state index is -0.551. The molecule has 0 spiro atoms. The molecule has 194 valence electrons. The predicted molar refractivity (Wildman–Crippen MR) is 150 cm³/mol. The van der Waals surface area contributed by atoms with Gasteiger partial charge in [-0.05, 0) is 78.6 Å². The van der Waals surface area contributed by atoms with Crippen LogP contribution in [0.5, 0.6) is 0 Å². The van der Waals surface area contributed by atoms with Gasteiger partial charge in [0.2, 0.25) is 5.91 Å². The highest BCUT2D eigenvalue weighted by Gasteiger charge is 2.23. The van der Waals surface area contributed by atoms with Gasteiger partial charge in [-0.1, -0.05) is 24.3 Å². The summed E-state index contributed by atoms with van der Waals surface area (Å²) in [6.45, 7) is 2.59. The van der Waals surface area contributed by atoms with Crippen molar-refractivity contribution in [2.45, 2.75) is 19.8 Å². The van der Waals surface area contributed by atoms with Crippen molar-refractivity contribution in [3.63, 3.8) is 0 Å². The van der Waals surface area contributed by atoms with E-state index >= 15 is 0 Å². The van der Waals surface area contributed by atoms with Crippen LogP contribution in [-0.2, 0) is 4.79 Å². The lowest BCUT2D eigenvalue weighted by Gasteiger charge is -2.16. The lowest BCUT2D eigenvalue weighted by Crippen LogP contribution is -2.23. The number of halogens is 1. The topological polar surface area (TPSA) is 108 Å². The second-order valence-electron chi connectivity index (χ2n) is 9.72. The molecule has 1 aliphatic rings. The highest BCUT2D eigenvalue weighted by atomic mass is 19.1. The Morgan fingerprint density at radius 1 is 1.00 bits per heavy atom. The van der Waals surface area contributed by atoms with Gasteiger partial charge in [-0.25, -0.2) is 4.39 Å². The third-order valence-corrected chi connectivity index (χ3v) is 7.37. The summed E-state index contributed by atoms with van der Waals surface area (Å²) in [7, 11) is 0. The SMILES string of the molecule is Cc1c(NC(=O)c2ccc(F)cc2)cccc1-c1ccc(C(N)=O)c2[nH]c3cc(N4CCCC4=O)ccc3c12. The van der Waals surface area contributed by atoms with Crippen molar-refractivity contribution in [2.24, 2.45) is 5.73 Å². The Labute approximate surface area is 223 Å². The van der Waals surface area contributed by atoms with E-state index in [1.165, 1.54) is 24.3 Å². The van der Waals surface area contributed by atoms with E-state index in [4.69, 9.17) is 5.73 Å². The minimum absolute atomic E-state index is 0.0964. The van der Waals surface area contributed by atoms with Crippen LogP contribution >= 0.6 is 0 Å². The molecule has 2 heterocycles. The molecule has 7 nitrogen and oxygen atoms in total. The fourth-order valence-electron chi connectivity index (χ4n) is 5.38. The summed E-state index contributed by atoms with van der Waals surface area (Å²) < 4.78 is 13.3. The van der Waals surface area contributed by atoms with Crippen molar-refractivity contribution in [3.8, 4) is 11.1 Å². The zero-order valence-electron chi connectivity index (χ0n) is 21.2. The average molecular weight is 521 g/mol. The van der Waals surface area contributed by atoms with Gasteiger partial charge in [0, 0.05) is 46.2 Å². The molecule has 0 bridgehead atoms. The number of anilines is 2. The first-order valence-corrected chi connectivity index (χ1v) is 12.7. The zero-order chi connectivity index (χ0) is 27.3. The van der Waals surface area contributed by atoms with Crippen molar-refractivity contribution in [2.75, 3.05) is 16.8 Å². The average Bonchev–Trinajstić information content (AvgIpc) is 3.52. The van der Waals surface area contributed by atoms with E-state index in [1.54, 1.807) is 11.0 Å². The number of nitrogens with two attached hydrogens (primary N) is 1. The molecule has 8 heteroatoms. The largest absolute Gasteiger partial charge is 0.366 e. The summed E-state index contributed by atoms with van der Waals surface area (Å²) in [6, 6.07) is 20.4. The zero-order valence-corrected chi connectivity index (χ0v) is 21.2. The van der Waals surface area contributed by atoms with E-state index < -0.39 is 11.7 Å². The van der Waals surface area contributed by atoms with E-state index in [1.807, 2.05) is 49.4 Å². The molecule has 5 aromatic rings. The second-order valence-corrected chi connectivity index (χ2v) is 9.72. The maximum Gasteiger partial charge on any atom is 0.255 e. The summed E-state index contributed by atoms with van der Waals surface area (Å²) in [5, 5.41) is 4.64. The summed E-state index contributed by atoms with van der Waals surface area (Å²) in [6.07, 6.45) is 1.36. The number of aromatic nitrogens is 1. The Morgan fingerprint density at radius 3 is 2.51 bits per heavy atom. The molecule has 6 rings (SSSR count). The Balaban J connectivity index is 1.48. The molecular formula is C31H25FN4O3. The molecule has 39 heavy (non-hydrogen) atoms. The molecule has 1 aromatic heterocycles. The van der Waals surface area contributed by atoms with Crippen molar-refractivity contribution in [3.05, 3.63) is 95.3 Å². The van der Waals surface area contributed by atoms with Gasteiger partial charge in [-0.15, -0.1) is 0 Å². The third-order valence-electron chi connectivity index (χ3n) is 7.37. The number of benzene rings is 4. The van der Waals surface area contributed by atoms with Gasteiger partial charge in [0.25, 0.3) is 11.8 Å². The third kappa shape index (κ3) is 4.20. The maximum atomic E-state index is 13.3. The Bertz CT molecular complexity index is 1810. The van der Waals surface area contributed by atoms with Gasteiger partial charge in [-0.3, -0.25) is 14.4 Å². The molecule has 1 aliphatic heterocycles. The molecule has 0 unspecified atom stereocenters. The van der Waals surface area contributed by atoms with Gasteiger partial charge in [0.05, 0.1) is 11.1 Å². The molecule has 1 fully saturated rings. The monoisotopic (exact) mass is 520 g/mol. The number of rotatable bonds is 5. The van der Waals surface area contributed by atoms with Crippen LogP contribution < -0.4 is 16.0 Å². The first kappa shape index (κ1) is 24.4. The Kier molecular flexibility index (Phi) is 5.87. The number of aromatic amines is 1. The summed E-state index contributed by atoms with van der Waals surface area (Å²) in [5.74, 6) is -1.21. The number of primary amides is 1. The van der Waals surface area contributed by atoms with E-state index in [-0.39, 0.29) is 11.8 Å². The van der Waals surface area contributed by atoms with Crippen LogP contribution in [0.1, 0.15) is 39.1 Å². The molecule has 3 amide bonds. The number of hydrogen-bond donors (Lipinski definition) is 3. The second kappa shape index (κ2) is 9.40. The summed E-state index contributed by atoms with van der Waals surface area (Å²) in [4.78, 5) is 42.6. The van der Waals surface area contributed by atoms with E-state index in [0.29, 0.717) is 35.3 Å². The molecule has 0 saturated carbocycles. The van der Waals surface area contributed by atoms with Gasteiger partial charge in [-0.2, -0.15) is 0 Å². The highest BCUT2D eigenvalue weighted by Crippen LogP contribution is 2.40. The van der Waals surface area contributed by atoms with Crippen LogP contribution in [0.25, 0.3) is 32.9 Å². The van der Waals surface area contributed by atoms with Gasteiger partial charge >= 0.3 is 0 Å².